The van der Waals surface area contributed by atoms with Crippen molar-refractivity contribution in [1.82, 2.24) is 14.9 Å². The van der Waals surface area contributed by atoms with Gasteiger partial charge in [0.05, 0.1) is 12.2 Å². The van der Waals surface area contributed by atoms with Crippen LogP contribution in [0.25, 0.3) is 0 Å². The summed E-state index contributed by atoms with van der Waals surface area (Å²) in [5.41, 5.74) is -1.20. The van der Waals surface area contributed by atoms with Gasteiger partial charge in [-0.1, -0.05) is 0 Å². The number of alkyl halides is 3. The van der Waals surface area contributed by atoms with Gasteiger partial charge in [0.25, 0.3) is 0 Å². The maximum Gasteiger partial charge on any atom is 0.433 e. The molecule has 1 fully saturated rings. The lowest BCUT2D eigenvalue weighted by molar-refractivity contribution is -0.141. The summed E-state index contributed by atoms with van der Waals surface area (Å²) in [6.07, 6.45) is -3.10. The predicted octanol–water partition coefficient (Wildman–Crippen LogP) is 2.80. The normalized spacial score (nSPS) is 23.8. The number of anilines is 1. The Bertz CT molecular complexity index is 526. The minimum absolute atomic E-state index is 0.0118. The largest absolute Gasteiger partial charge is 0.433 e. The fourth-order valence-electron chi connectivity index (χ4n) is 2.68. The molecule has 0 bridgehead atoms. The molecule has 0 aliphatic carbocycles. The molecule has 2 rings (SSSR count). The number of ether oxygens (including phenoxy) is 1. The molecular weight excluding hydrogens is 309 g/mol. The number of hydrogen-bond donors (Lipinski definition) is 1. The summed E-state index contributed by atoms with van der Waals surface area (Å²) in [4.78, 5) is 9.67. The summed E-state index contributed by atoms with van der Waals surface area (Å²) in [5, 5.41) is 2.92. The fourth-order valence-corrected chi connectivity index (χ4v) is 2.68. The van der Waals surface area contributed by atoms with Crippen LogP contribution >= 0.6 is 0 Å². The van der Waals surface area contributed by atoms with Crippen molar-refractivity contribution in [2.45, 2.75) is 51.6 Å². The van der Waals surface area contributed by atoms with E-state index in [2.05, 4.69) is 20.2 Å². The summed E-state index contributed by atoms with van der Waals surface area (Å²) in [5.74, 6) is -0.0118. The van der Waals surface area contributed by atoms with E-state index in [1.165, 1.54) is 0 Å². The molecule has 0 spiro atoms. The second-order valence-electron chi connectivity index (χ2n) is 6.59. The molecule has 2 unspecified atom stereocenters. The highest BCUT2D eigenvalue weighted by atomic mass is 19.4. The van der Waals surface area contributed by atoms with Crippen LogP contribution in [0.2, 0.25) is 0 Å². The van der Waals surface area contributed by atoms with Gasteiger partial charge >= 0.3 is 6.18 Å². The van der Waals surface area contributed by atoms with Gasteiger partial charge in [-0.05, 0) is 33.8 Å². The van der Waals surface area contributed by atoms with E-state index in [-0.39, 0.29) is 23.7 Å². The summed E-state index contributed by atoms with van der Waals surface area (Å²) in [6, 6.07) is 0.863. The van der Waals surface area contributed by atoms with Gasteiger partial charge in [0.15, 0.2) is 0 Å². The van der Waals surface area contributed by atoms with Gasteiger partial charge in [-0.3, -0.25) is 4.90 Å². The SMILES string of the molecule is CC1CN(C(C)(C)CNc2nccc(C(F)(F)F)n2)CC(C)O1. The average Bonchev–Trinajstić information content (AvgIpc) is 2.44. The van der Waals surface area contributed by atoms with Crippen LogP contribution < -0.4 is 5.32 Å². The van der Waals surface area contributed by atoms with Crippen LogP contribution in [0.1, 0.15) is 33.4 Å². The molecule has 130 valence electrons. The lowest BCUT2D eigenvalue weighted by atomic mass is 10.00. The van der Waals surface area contributed by atoms with Crippen molar-refractivity contribution in [1.29, 1.82) is 0 Å². The highest BCUT2D eigenvalue weighted by Gasteiger charge is 2.34. The summed E-state index contributed by atoms with van der Waals surface area (Å²) in [6.45, 7) is 10.1. The van der Waals surface area contributed by atoms with Gasteiger partial charge in [-0.2, -0.15) is 13.2 Å². The zero-order valence-corrected chi connectivity index (χ0v) is 13.8. The Hall–Kier alpha value is -1.41. The first-order valence-electron chi connectivity index (χ1n) is 7.62. The second kappa shape index (κ2) is 6.60. The van der Waals surface area contributed by atoms with Crippen molar-refractivity contribution in [2.24, 2.45) is 0 Å². The molecule has 1 aromatic heterocycles. The minimum Gasteiger partial charge on any atom is -0.373 e. The third kappa shape index (κ3) is 4.78. The van der Waals surface area contributed by atoms with E-state index in [0.29, 0.717) is 6.54 Å². The van der Waals surface area contributed by atoms with Gasteiger partial charge in [-0.15, -0.1) is 0 Å². The van der Waals surface area contributed by atoms with Gasteiger partial charge in [-0.25, -0.2) is 9.97 Å². The van der Waals surface area contributed by atoms with Crippen molar-refractivity contribution in [3.63, 3.8) is 0 Å². The Kier molecular flexibility index (Phi) is 5.15. The molecule has 1 aliphatic rings. The highest BCUT2D eigenvalue weighted by molar-refractivity contribution is 5.27. The quantitative estimate of drug-likeness (QED) is 0.919. The monoisotopic (exact) mass is 332 g/mol. The Morgan fingerprint density at radius 1 is 1.26 bits per heavy atom. The average molecular weight is 332 g/mol. The maximum absolute atomic E-state index is 12.7. The third-order valence-corrected chi connectivity index (χ3v) is 3.90. The van der Waals surface area contributed by atoms with Crippen LogP contribution in [0.4, 0.5) is 19.1 Å². The first-order valence-corrected chi connectivity index (χ1v) is 7.62. The Morgan fingerprint density at radius 3 is 2.43 bits per heavy atom. The van der Waals surface area contributed by atoms with E-state index in [1.807, 2.05) is 27.7 Å². The highest BCUT2D eigenvalue weighted by Crippen LogP contribution is 2.28. The number of morpholine rings is 1. The molecule has 0 aromatic carbocycles. The van der Waals surface area contributed by atoms with E-state index in [9.17, 15) is 13.2 Å². The molecule has 1 N–H and O–H groups in total. The van der Waals surface area contributed by atoms with Crippen molar-refractivity contribution in [2.75, 3.05) is 25.0 Å². The molecule has 1 aliphatic heterocycles. The van der Waals surface area contributed by atoms with E-state index >= 15 is 0 Å². The van der Waals surface area contributed by atoms with E-state index in [0.717, 1.165) is 25.4 Å². The van der Waals surface area contributed by atoms with Crippen molar-refractivity contribution >= 4 is 5.95 Å². The number of hydrogen-bond acceptors (Lipinski definition) is 5. The van der Waals surface area contributed by atoms with Gasteiger partial charge in [0.2, 0.25) is 5.95 Å². The zero-order valence-electron chi connectivity index (χ0n) is 13.8. The summed E-state index contributed by atoms with van der Waals surface area (Å²) in [7, 11) is 0. The first kappa shape index (κ1) is 17.9. The molecule has 0 radical (unpaired) electrons. The Balaban J connectivity index is 2.01. The zero-order chi connectivity index (χ0) is 17.3. The van der Waals surface area contributed by atoms with Crippen LogP contribution in [0.3, 0.4) is 0 Å². The molecule has 1 saturated heterocycles. The van der Waals surface area contributed by atoms with E-state index in [4.69, 9.17) is 4.74 Å². The van der Waals surface area contributed by atoms with Crippen molar-refractivity contribution < 1.29 is 17.9 Å². The predicted molar refractivity (Wildman–Crippen MR) is 81.2 cm³/mol. The summed E-state index contributed by atoms with van der Waals surface area (Å²) >= 11 is 0. The number of nitrogens with one attached hydrogen (secondary N) is 1. The van der Waals surface area contributed by atoms with Crippen LogP contribution in [-0.2, 0) is 10.9 Å². The van der Waals surface area contributed by atoms with Crippen LogP contribution in [0, 0.1) is 0 Å². The molecule has 0 amide bonds. The fraction of sp³-hybridized carbons (Fsp3) is 0.733. The lowest BCUT2D eigenvalue weighted by Gasteiger charge is -2.45. The lowest BCUT2D eigenvalue weighted by Crippen LogP contribution is -2.57. The number of rotatable bonds is 4. The van der Waals surface area contributed by atoms with Crippen molar-refractivity contribution in [3.8, 4) is 0 Å². The third-order valence-electron chi connectivity index (χ3n) is 3.90. The van der Waals surface area contributed by atoms with Gasteiger partial charge in [0, 0.05) is 31.4 Å². The Morgan fingerprint density at radius 2 is 1.87 bits per heavy atom. The van der Waals surface area contributed by atoms with Gasteiger partial charge < -0.3 is 10.1 Å². The molecule has 2 atom stereocenters. The molecule has 0 saturated carbocycles. The van der Waals surface area contributed by atoms with Gasteiger partial charge in [0.1, 0.15) is 5.69 Å². The maximum atomic E-state index is 12.7. The molecule has 8 heteroatoms. The molecule has 23 heavy (non-hydrogen) atoms. The summed E-state index contributed by atoms with van der Waals surface area (Å²) < 4.78 is 43.8. The number of halogens is 3. The van der Waals surface area contributed by atoms with Crippen LogP contribution in [0.5, 0.6) is 0 Å². The molecule has 1 aromatic rings. The first-order chi connectivity index (χ1) is 10.6. The van der Waals surface area contributed by atoms with E-state index in [1.54, 1.807) is 0 Å². The molecular formula is C15H23F3N4O. The number of aromatic nitrogens is 2. The number of nitrogens with zero attached hydrogens (tertiary/aromatic N) is 3. The second-order valence-corrected chi connectivity index (χ2v) is 6.59. The standard InChI is InChI=1S/C15H23F3N4O/c1-10-7-22(8-11(2)23-10)14(3,4)9-20-13-19-6-5-12(21-13)15(16,17)18/h5-6,10-11H,7-9H2,1-4H3,(H,19,20,21). The smallest absolute Gasteiger partial charge is 0.373 e. The van der Waals surface area contributed by atoms with Crippen LogP contribution in [-0.4, -0.2) is 52.2 Å². The van der Waals surface area contributed by atoms with Crippen molar-refractivity contribution in [3.05, 3.63) is 18.0 Å². The molecule has 5 nitrogen and oxygen atoms in total. The van der Waals surface area contributed by atoms with Crippen LogP contribution in [0.15, 0.2) is 12.3 Å². The Labute approximate surface area is 134 Å². The van der Waals surface area contributed by atoms with E-state index < -0.39 is 11.9 Å². The minimum atomic E-state index is -4.47. The molecule has 2 heterocycles. The topological polar surface area (TPSA) is 50.3 Å².